The number of hydrogen-bond acceptors (Lipinski definition) is 9. The maximum Gasteiger partial charge on any atom is 0.332 e. The van der Waals surface area contributed by atoms with Gasteiger partial charge in [-0.2, -0.15) is 0 Å². The fourth-order valence-corrected chi connectivity index (χ4v) is 1.94. The van der Waals surface area contributed by atoms with Gasteiger partial charge in [-0.3, -0.25) is 0 Å². The van der Waals surface area contributed by atoms with Gasteiger partial charge in [0, 0.05) is 24.3 Å². The summed E-state index contributed by atoms with van der Waals surface area (Å²) in [6.45, 7) is 12.7. The van der Waals surface area contributed by atoms with Crippen molar-refractivity contribution in [3.05, 3.63) is 50.6 Å². The third-order valence-electron chi connectivity index (χ3n) is 3.05. The standard InChI is InChI=1S/C17H18O9/c1-5-11(18)23-10-9-22-17(26-14(21)8-4)16(25-13(20)7-3)15(10)24-12(19)6-2/h5-8,10,15-17H,1-4,9H2/t10-,15-,16+,17-/m1/s1. The van der Waals surface area contributed by atoms with Crippen molar-refractivity contribution in [1.82, 2.24) is 0 Å². The van der Waals surface area contributed by atoms with Crippen LogP contribution in [0.3, 0.4) is 0 Å². The zero-order chi connectivity index (χ0) is 19.7. The molecule has 0 aliphatic carbocycles. The lowest BCUT2D eigenvalue weighted by Gasteiger charge is -2.39. The van der Waals surface area contributed by atoms with Gasteiger partial charge in [-0.15, -0.1) is 0 Å². The maximum absolute atomic E-state index is 11.6. The third-order valence-corrected chi connectivity index (χ3v) is 3.05. The lowest BCUT2D eigenvalue weighted by Crippen LogP contribution is -2.58. The number of hydrogen-bond donors (Lipinski definition) is 0. The first-order chi connectivity index (χ1) is 12.4. The van der Waals surface area contributed by atoms with E-state index in [1.807, 2.05) is 0 Å². The number of carbonyl (C=O) groups is 4. The molecule has 9 heteroatoms. The zero-order valence-corrected chi connectivity index (χ0v) is 13.8. The predicted molar refractivity (Wildman–Crippen MR) is 86.3 cm³/mol. The van der Waals surface area contributed by atoms with Gasteiger partial charge < -0.3 is 23.7 Å². The normalized spacial score (nSPS) is 24.3. The summed E-state index contributed by atoms with van der Waals surface area (Å²) in [7, 11) is 0. The Morgan fingerprint density at radius 3 is 1.62 bits per heavy atom. The third kappa shape index (κ3) is 5.71. The second kappa shape index (κ2) is 9.94. The highest BCUT2D eigenvalue weighted by atomic mass is 16.7. The van der Waals surface area contributed by atoms with E-state index >= 15 is 0 Å². The molecule has 0 aromatic carbocycles. The van der Waals surface area contributed by atoms with Gasteiger partial charge in [0.25, 0.3) is 0 Å². The van der Waals surface area contributed by atoms with E-state index in [1.165, 1.54) is 0 Å². The minimum absolute atomic E-state index is 0.314. The average molecular weight is 366 g/mol. The van der Waals surface area contributed by atoms with Crippen molar-refractivity contribution >= 4 is 23.9 Å². The average Bonchev–Trinajstić information content (AvgIpc) is 2.65. The van der Waals surface area contributed by atoms with Crippen LogP contribution in [0.5, 0.6) is 0 Å². The molecule has 1 aliphatic rings. The van der Waals surface area contributed by atoms with Crippen molar-refractivity contribution in [2.45, 2.75) is 24.6 Å². The molecule has 1 rings (SSSR count). The molecule has 0 bridgehead atoms. The second-order valence-corrected chi connectivity index (χ2v) is 4.73. The van der Waals surface area contributed by atoms with Crippen LogP contribution in [-0.2, 0) is 42.9 Å². The van der Waals surface area contributed by atoms with Crippen molar-refractivity contribution < 1.29 is 42.9 Å². The van der Waals surface area contributed by atoms with Crippen LogP contribution in [0.2, 0.25) is 0 Å². The van der Waals surface area contributed by atoms with Crippen LogP contribution >= 0.6 is 0 Å². The first-order valence-electron chi connectivity index (χ1n) is 7.30. The highest BCUT2D eigenvalue weighted by molar-refractivity contribution is 5.83. The van der Waals surface area contributed by atoms with Crippen LogP contribution in [0.25, 0.3) is 0 Å². The van der Waals surface area contributed by atoms with Crippen LogP contribution in [0.15, 0.2) is 50.6 Å². The quantitative estimate of drug-likeness (QED) is 0.341. The van der Waals surface area contributed by atoms with Crippen molar-refractivity contribution in [2.75, 3.05) is 6.61 Å². The summed E-state index contributed by atoms with van der Waals surface area (Å²) in [5.41, 5.74) is 0. The van der Waals surface area contributed by atoms with Gasteiger partial charge in [0.2, 0.25) is 12.4 Å². The van der Waals surface area contributed by atoms with Gasteiger partial charge in [-0.05, 0) is 0 Å². The molecule has 9 nitrogen and oxygen atoms in total. The molecular formula is C17H18O9. The lowest BCUT2D eigenvalue weighted by atomic mass is 10.0. The Morgan fingerprint density at radius 2 is 1.12 bits per heavy atom. The number of rotatable bonds is 8. The van der Waals surface area contributed by atoms with Crippen molar-refractivity contribution in [1.29, 1.82) is 0 Å². The summed E-state index contributed by atoms with van der Waals surface area (Å²) in [6, 6.07) is 0. The Labute approximate surface area is 149 Å². The molecule has 0 saturated carbocycles. The topological polar surface area (TPSA) is 114 Å². The molecule has 1 saturated heterocycles. The monoisotopic (exact) mass is 366 g/mol. The van der Waals surface area contributed by atoms with E-state index in [4.69, 9.17) is 23.7 Å². The number of ether oxygens (including phenoxy) is 5. The largest absolute Gasteiger partial charge is 0.453 e. The summed E-state index contributed by atoms with van der Waals surface area (Å²) in [5, 5.41) is 0. The van der Waals surface area contributed by atoms with Gasteiger partial charge >= 0.3 is 23.9 Å². The minimum Gasteiger partial charge on any atom is -0.453 e. The first-order valence-corrected chi connectivity index (χ1v) is 7.30. The van der Waals surface area contributed by atoms with E-state index in [-0.39, 0.29) is 6.61 Å². The summed E-state index contributed by atoms with van der Waals surface area (Å²) < 4.78 is 25.5. The number of carbonyl (C=O) groups excluding carboxylic acids is 4. The van der Waals surface area contributed by atoms with E-state index in [9.17, 15) is 19.2 Å². The lowest BCUT2D eigenvalue weighted by molar-refractivity contribution is -0.271. The predicted octanol–water partition coefficient (Wildman–Crippen LogP) is 0.365. The molecule has 1 fully saturated rings. The van der Waals surface area contributed by atoms with Crippen LogP contribution < -0.4 is 0 Å². The Kier molecular flexibility index (Phi) is 7.97. The molecule has 0 N–H and O–H groups in total. The maximum atomic E-state index is 11.6. The molecule has 0 aromatic rings. The fraction of sp³-hybridized carbons (Fsp3) is 0.294. The van der Waals surface area contributed by atoms with E-state index in [0.717, 1.165) is 24.3 Å². The van der Waals surface area contributed by atoms with Gasteiger partial charge in [0.1, 0.15) is 0 Å². The molecule has 1 heterocycles. The molecule has 0 radical (unpaired) electrons. The minimum atomic E-state index is -1.44. The van der Waals surface area contributed by atoms with Gasteiger partial charge in [-0.25, -0.2) is 19.2 Å². The molecular weight excluding hydrogens is 348 g/mol. The Balaban J connectivity index is 3.18. The van der Waals surface area contributed by atoms with E-state index in [0.29, 0.717) is 0 Å². The van der Waals surface area contributed by atoms with Crippen molar-refractivity contribution in [3.8, 4) is 0 Å². The first kappa shape index (κ1) is 20.8. The SMILES string of the molecule is C=CC(=O)O[C@H]1OC[C@@H](OC(=O)C=C)[C@@H](OC(=O)C=C)[C@@H]1OC(=O)C=C. The van der Waals surface area contributed by atoms with Crippen LogP contribution in [-0.4, -0.2) is 55.1 Å². The van der Waals surface area contributed by atoms with Gasteiger partial charge in [0.15, 0.2) is 12.2 Å². The Morgan fingerprint density at radius 1 is 0.692 bits per heavy atom. The molecule has 26 heavy (non-hydrogen) atoms. The summed E-state index contributed by atoms with van der Waals surface area (Å²) >= 11 is 0. The fourth-order valence-electron chi connectivity index (χ4n) is 1.94. The van der Waals surface area contributed by atoms with Gasteiger partial charge in [-0.1, -0.05) is 26.3 Å². The highest BCUT2D eigenvalue weighted by Gasteiger charge is 2.48. The molecule has 0 spiro atoms. The molecule has 0 aromatic heterocycles. The summed E-state index contributed by atoms with van der Waals surface area (Å²) in [4.78, 5) is 46.2. The number of esters is 4. The molecule has 4 atom stereocenters. The smallest absolute Gasteiger partial charge is 0.332 e. The van der Waals surface area contributed by atoms with E-state index in [2.05, 4.69) is 26.3 Å². The van der Waals surface area contributed by atoms with E-state index < -0.39 is 48.5 Å². The molecule has 1 aliphatic heterocycles. The second-order valence-electron chi connectivity index (χ2n) is 4.73. The van der Waals surface area contributed by atoms with Crippen molar-refractivity contribution in [2.24, 2.45) is 0 Å². The molecule has 0 amide bonds. The molecule has 0 unspecified atom stereocenters. The van der Waals surface area contributed by atoms with Gasteiger partial charge in [0.05, 0.1) is 6.61 Å². The van der Waals surface area contributed by atoms with Crippen LogP contribution in [0.1, 0.15) is 0 Å². The van der Waals surface area contributed by atoms with Crippen molar-refractivity contribution in [3.63, 3.8) is 0 Å². The van der Waals surface area contributed by atoms with Crippen LogP contribution in [0.4, 0.5) is 0 Å². The zero-order valence-electron chi connectivity index (χ0n) is 13.8. The van der Waals surface area contributed by atoms with Crippen LogP contribution in [0, 0.1) is 0 Å². The highest BCUT2D eigenvalue weighted by Crippen LogP contribution is 2.25. The van der Waals surface area contributed by atoms with E-state index in [1.54, 1.807) is 0 Å². The summed E-state index contributed by atoms with van der Waals surface area (Å²) in [5.74, 6) is -3.49. The Bertz CT molecular complexity index is 568. The molecule has 140 valence electrons. The summed E-state index contributed by atoms with van der Waals surface area (Å²) in [6.07, 6.45) is -1.92. The Hall–Kier alpha value is -3.20.